The second-order valence-corrected chi connectivity index (χ2v) is 9.81. The van der Waals surface area contributed by atoms with Crippen LogP contribution in [0.5, 0.6) is 0 Å². The van der Waals surface area contributed by atoms with Gasteiger partial charge in [-0.2, -0.15) is 13.2 Å². The smallest absolute Gasteiger partial charge is 0.337 e. The highest BCUT2D eigenvalue weighted by Gasteiger charge is 2.33. The summed E-state index contributed by atoms with van der Waals surface area (Å²) in [5.74, 6) is 4.63. The zero-order valence-electron chi connectivity index (χ0n) is 22.3. The fraction of sp³-hybridized carbons (Fsp3) is 0.310. The Balaban J connectivity index is 1.30. The molecule has 0 aliphatic carbocycles. The van der Waals surface area contributed by atoms with Crippen LogP contribution in [0.1, 0.15) is 55.9 Å². The summed E-state index contributed by atoms with van der Waals surface area (Å²) in [7, 11) is 1.75. The van der Waals surface area contributed by atoms with Crippen LogP contribution in [-0.2, 0) is 12.6 Å². The first-order valence-corrected chi connectivity index (χ1v) is 12.9. The van der Waals surface area contributed by atoms with Gasteiger partial charge < -0.3 is 9.80 Å². The standard InChI is InChI=1S/C29H26F4N6O2/c1-3-4-18-5-7-21-22(13-18)25(37(2)36-26(21)40)15-19-6-8-24(30)23(14-19)27(41)38-9-11-39(12-10-38)28-34-16-20(17-35-28)29(31,32)33/h5-8,13-14,16-17,25H,9-12,15H2,1-2H3,(H,36,40). The van der Waals surface area contributed by atoms with Crippen LogP contribution in [0.2, 0.25) is 0 Å². The fourth-order valence-electron chi connectivity index (χ4n) is 5.02. The van der Waals surface area contributed by atoms with E-state index in [1.165, 1.54) is 17.0 Å². The molecule has 8 nitrogen and oxygen atoms in total. The minimum Gasteiger partial charge on any atom is -0.337 e. The maximum atomic E-state index is 14.9. The summed E-state index contributed by atoms with van der Waals surface area (Å²) in [6.45, 7) is 2.74. The second-order valence-electron chi connectivity index (χ2n) is 9.81. The molecule has 2 aliphatic rings. The van der Waals surface area contributed by atoms with Gasteiger partial charge in [0.2, 0.25) is 5.95 Å². The number of hydrazine groups is 1. The predicted molar refractivity (Wildman–Crippen MR) is 142 cm³/mol. The predicted octanol–water partition coefficient (Wildman–Crippen LogP) is 3.84. The Hall–Kier alpha value is -4.50. The topological polar surface area (TPSA) is 81.7 Å². The van der Waals surface area contributed by atoms with Gasteiger partial charge in [-0.15, -0.1) is 5.92 Å². The molecule has 0 spiro atoms. The zero-order valence-corrected chi connectivity index (χ0v) is 22.3. The second kappa shape index (κ2) is 11.2. The van der Waals surface area contributed by atoms with Gasteiger partial charge in [-0.05, 0) is 54.8 Å². The molecule has 1 unspecified atom stereocenters. The Morgan fingerprint density at radius 3 is 2.44 bits per heavy atom. The van der Waals surface area contributed by atoms with Gasteiger partial charge in [0.05, 0.1) is 17.2 Å². The summed E-state index contributed by atoms with van der Waals surface area (Å²) in [5, 5.41) is 1.70. The van der Waals surface area contributed by atoms with E-state index in [-0.39, 0.29) is 49.6 Å². The van der Waals surface area contributed by atoms with E-state index in [2.05, 4.69) is 27.2 Å². The monoisotopic (exact) mass is 566 g/mol. The van der Waals surface area contributed by atoms with E-state index in [4.69, 9.17) is 0 Å². The van der Waals surface area contributed by atoms with Crippen LogP contribution in [0.25, 0.3) is 0 Å². The van der Waals surface area contributed by atoms with Gasteiger partial charge in [0.25, 0.3) is 11.8 Å². The van der Waals surface area contributed by atoms with Crippen LogP contribution in [0.3, 0.4) is 0 Å². The highest BCUT2D eigenvalue weighted by molar-refractivity contribution is 5.97. The summed E-state index contributed by atoms with van der Waals surface area (Å²) in [6, 6.07) is 9.53. The number of carbonyl (C=O) groups is 2. The lowest BCUT2D eigenvalue weighted by atomic mass is 9.90. The van der Waals surface area contributed by atoms with Crippen LogP contribution in [0.15, 0.2) is 48.8 Å². The maximum Gasteiger partial charge on any atom is 0.419 e. The van der Waals surface area contributed by atoms with Gasteiger partial charge in [0.1, 0.15) is 5.82 Å². The van der Waals surface area contributed by atoms with Gasteiger partial charge >= 0.3 is 6.18 Å². The van der Waals surface area contributed by atoms with E-state index in [1.807, 2.05) is 6.07 Å². The first-order chi connectivity index (χ1) is 19.5. The quantitative estimate of drug-likeness (QED) is 0.382. The minimum atomic E-state index is -4.53. The molecule has 0 bridgehead atoms. The summed E-state index contributed by atoms with van der Waals surface area (Å²) in [5.41, 5.74) is 4.61. The van der Waals surface area contributed by atoms with Gasteiger partial charge in [0, 0.05) is 56.7 Å². The number of likely N-dealkylation sites (N-methyl/N-ethyl adjacent to an activating group) is 1. The molecule has 1 N–H and O–H groups in total. The molecule has 12 heteroatoms. The van der Waals surface area contributed by atoms with Crippen LogP contribution >= 0.6 is 0 Å². The summed E-state index contributed by atoms with van der Waals surface area (Å²) >= 11 is 0. The molecule has 41 heavy (non-hydrogen) atoms. The molecule has 1 saturated heterocycles. The number of fused-ring (bicyclic) bond motifs is 1. The van der Waals surface area contributed by atoms with Crippen molar-refractivity contribution in [1.82, 2.24) is 25.3 Å². The highest BCUT2D eigenvalue weighted by atomic mass is 19.4. The average Bonchev–Trinajstić information content (AvgIpc) is 2.95. The molecule has 2 amide bonds. The van der Waals surface area contributed by atoms with Crippen molar-refractivity contribution in [3.63, 3.8) is 0 Å². The first-order valence-electron chi connectivity index (χ1n) is 12.9. The summed E-state index contributed by atoms with van der Waals surface area (Å²) < 4.78 is 53.3. The Morgan fingerprint density at radius 2 is 1.78 bits per heavy atom. The number of aromatic nitrogens is 2. The largest absolute Gasteiger partial charge is 0.419 e. The van der Waals surface area contributed by atoms with Gasteiger partial charge in [-0.25, -0.2) is 19.4 Å². The Bertz CT molecular complexity index is 1540. The lowest BCUT2D eigenvalue weighted by molar-refractivity contribution is -0.138. The lowest BCUT2D eigenvalue weighted by Gasteiger charge is -2.35. The number of alkyl halides is 3. The molecule has 1 atom stereocenters. The molecule has 2 aromatic carbocycles. The molecule has 0 saturated carbocycles. The Labute approximate surface area is 234 Å². The average molecular weight is 567 g/mol. The highest BCUT2D eigenvalue weighted by Crippen LogP contribution is 2.31. The van der Waals surface area contributed by atoms with Crippen LogP contribution < -0.4 is 10.3 Å². The normalized spacial score (nSPS) is 17.4. The first kappa shape index (κ1) is 28.0. The molecule has 0 radical (unpaired) electrons. The van der Waals surface area contributed by atoms with Crippen LogP contribution in [0.4, 0.5) is 23.5 Å². The number of nitrogens with zero attached hydrogens (tertiary/aromatic N) is 5. The van der Waals surface area contributed by atoms with Crippen molar-refractivity contribution in [3.8, 4) is 11.8 Å². The van der Waals surface area contributed by atoms with Crippen molar-refractivity contribution in [3.05, 3.63) is 88.0 Å². The van der Waals surface area contributed by atoms with Crippen molar-refractivity contribution < 1.29 is 27.2 Å². The van der Waals surface area contributed by atoms with E-state index >= 15 is 0 Å². The number of halogens is 4. The molecule has 2 aliphatic heterocycles. The zero-order chi connectivity index (χ0) is 29.3. The van der Waals surface area contributed by atoms with Crippen molar-refractivity contribution in [2.75, 3.05) is 38.1 Å². The molecule has 1 fully saturated rings. The van der Waals surface area contributed by atoms with Crippen molar-refractivity contribution in [2.45, 2.75) is 25.6 Å². The maximum absolute atomic E-state index is 14.9. The molecule has 1 aromatic heterocycles. The van der Waals surface area contributed by atoms with E-state index < -0.39 is 23.5 Å². The molecular formula is C29H26F4N6O2. The van der Waals surface area contributed by atoms with Crippen LogP contribution in [0, 0.1) is 17.7 Å². The van der Waals surface area contributed by atoms with Crippen molar-refractivity contribution >= 4 is 17.8 Å². The number of rotatable bonds is 4. The number of hydrogen-bond donors (Lipinski definition) is 1. The number of carbonyl (C=O) groups excluding carboxylic acids is 2. The molecule has 212 valence electrons. The number of anilines is 1. The third-order valence-electron chi connectivity index (χ3n) is 7.18. The molecule has 5 rings (SSSR count). The third kappa shape index (κ3) is 5.85. The van der Waals surface area contributed by atoms with Crippen molar-refractivity contribution in [1.29, 1.82) is 0 Å². The van der Waals surface area contributed by atoms with Crippen molar-refractivity contribution in [2.24, 2.45) is 0 Å². The third-order valence-corrected chi connectivity index (χ3v) is 7.18. The Morgan fingerprint density at radius 1 is 1.07 bits per heavy atom. The Kier molecular flexibility index (Phi) is 7.64. The summed E-state index contributed by atoms with van der Waals surface area (Å²) in [6.07, 6.45) is -2.68. The van der Waals surface area contributed by atoms with Crippen LogP contribution in [-0.4, -0.2) is 64.9 Å². The fourth-order valence-corrected chi connectivity index (χ4v) is 5.02. The molecule has 3 heterocycles. The van der Waals surface area contributed by atoms with Gasteiger partial charge in [-0.1, -0.05) is 12.0 Å². The molecular weight excluding hydrogens is 540 g/mol. The molecule has 3 aromatic rings. The van der Waals surface area contributed by atoms with E-state index in [9.17, 15) is 27.2 Å². The number of amides is 2. The summed E-state index contributed by atoms with van der Waals surface area (Å²) in [4.78, 5) is 36.7. The van der Waals surface area contributed by atoms with E-state index in [0.717, 1.165) is 23.5 Å². The minimum absolute atomic E-state index is 0.0740. The number of nitrogens with one attached hydrogen (secondary N) is 1. The van der Waals surface area contributed by atoms with E-state index in [1.54, 1.807) is 42.1 Å². The van der Waals surface area contributed by atoms with Gasteiger partial charge in [-0.3, -0.25) is 15.0 Å². The van der Waals surface area contributed by atoms with E-state index in [0.29, 0.717) is 17.5 Å². The number of piperazine rings is 1. The number of hydrogen-bond acceptors (Lipinski definition) is 6. The van der Waals surface area contributed by atoms with Gasteiger partial charge in [0.15, 0.2) is 0 Å². The lowest BCUT2D eigenvalue weighted by Crippen LogP contribution is -2.49. The number of benzene rings is 2. The SMILES string of the molecule is CC#Cc1ccc2c(c1)C(Cc1ccc(F)c(C(=O)N3CCN(c4ncc(C(F)(F)F)cn4)CC3)c1)N(C)NC2=O.